The summed E-state index contributed by atoms with van der Waals surface area (Å²) >= 11 is 0. The van der Waals surface area contributed by atoms with Crippen molar-refractivity contribution in [2.24, 2.45) is 11.1 Å². The lowest BCUT2D eigenvalue weighted by Crippen LogP contribution is -2.39. The fraction of sp³-hybridized carbons (Fsp3) is 0.818. The summed E-state index contributed by atoms with van der Waals surface area (Å²) in [6, 6.07) is 0.598. The van der Waals surface area contributed by atoms with Crippen molar-refractivity contribution in [1.82, 2.24) is 10.1 Å². The number of rotatable bonds is 6. The van der Waals surface area contributed by atoms with Crippen LogP contribution in [0.3, 0.4) is 0 Å². The van der Waals surface area contributed by atoms with Gasteiger partial charge in [-0.05, 0) is 25.3 Å². The van der Waals surface area contributed by atoms with Crippen LogP contribution in [0.5, 0.6) is 0 Å². The van der Waals surface area contributed by atoms with E-state index in [1.54, 1.807) is 0 Å². The molecule has 1 aromatic heterocycles. The van der Waals surface area contributed by atoms with E-state index < -0.39 is 0 Å². The predicted molar refractivity (Wildman–Crippen MR) is 64.4 cm³/mol. The minimum atomic E-state index is 0.0531. The van der Waals surface area contributed by atoms with E-state index in [1.165, 1.54) is 0 Å². The summed E-state index contributed by atoms with van der Waals surface area (Å²) in [6.45, 7) is 10.6. The molecule has 0 saturated heterocycles. The minimum Gasteiger partial charge on any atom is -0.330 e. The number of hydrogen-bond acceptors (Lipinski definition) is 5. The third-order valence-corrected chi connectivity index (χ3v) is 2.45. The fourth-order valence-electron chi connectivity index (χ4n) is 1.51. The molecule has 2 N–H and O–H groups in total. The Hall–Kier alpha value is -1.10. The Kier molecular flexibility index (Phi) is 4.29. The van der Waals surface area contributed by atoms with E-state index in [4.69, 9.17) is 10.3 Å². The Labute approximate surface area is 97.0 Å². The molecule has 0 bridgehead atoms. The molecule has 0 amide bonds. The monoisotopic (exact) mass is 226 g/mol. The maximum atomic E-state index is 5.74. The minimum absolute atomic E-state index is 0.0531. The highest BCUT2D eigenvalue weighted by Crippen LogP contribution is 2.20. The SMILES string of the molecule is CCCN(CC(C)(C)CN)c1nc(C)no1. The molecule has 0 atom stereocenters. The van der Waals surface area contributed by atoms with E-state index in [0.717, 1.165) is 19.5 Å². The van der Waals surface area contributed by atoms with Crippen LogP contribution in [0.4, 0.5) is 6.01 Å². The van der Waals surface area contributed by atoms with Crippen molar-refractivity contribution < 1.29 is 4.52 Å². The molecule has 0 unspecified atom stereocenters. The van der Waals surface area contributed by atoms with Gasteiger partial charge in [-0.25, -0.2) is 0 Å². The van der Waals surface area contributed by atoms with E-state index >= 15 is 0 Å². The zero-order chi connectivity index (χ0) is 12.2. The zero-order valence-electron chi connectivity index (χ0n) is 10.7. The van der Waals surface area contributed by atoms with Crippen molar-refractivity contribution >= 4 is 6.01 Å². The van der Waals surface area contributed by atoms with Crippen LogP contribution in [-0.2, 0) is 0 Å². The van der Waals surface area contributed by atoms with Gasteiger partial charge < -0.3 is 15.2 Å². The lowest BCUT2D eigenvalue weighted by Gasteiger charge is -2.30. The maximum absolute atomic E-state index is 5.74. The highest BCUT2D eigenvalue weighted by molar-refractivity contribution is 5.25. The Morgan fingerprint density at radius 3 is 2.56 bits per heavy atom. The van der Waals surface area contributed by atoms with Gasteiger partial charge in [0.25, 0.3) is 0 Å². The molecule has 0 fully saturated rings. The van der Waals surface area contributed by atoms with Crippen LogP contribution in [0.15, 0.2) is 4.52 Å². The normalized spacial score (nSPS) is 11.8. The Bertz CT molecular complexity index is 322. The number of nitrogens with zero attached hydrogens (tertiary/aromatic N) is 3. The molecule has 1 aromatic rings. The molecule has 0 spiro atoms. The topological polar surface area (TPSA) is 68.2 Å². The molecular formula is C11H22N4O. The van der Waals surface area contributed by atoms with Gasteiger partial charge in [-0.3, -0.25) is 0 Å². The molecule has 1 rings (SSSR count). The zero-order valence-corrected chi connectivity index (χ0v) is 10.7. The van der Waals surface area contributed by atoms with E-state index in [9.17, 15) is 0 Å². The highest BCUT2D eigenvalue weighted by atomic mass is 16.5. The largest absolute Gasteiger partial charge is 0.330 e. The summed E-state index contributed by atoms with van der Waals surface area (Å²) < 4.78 is 5.19. The van der Waals surface area contributed by atoms with Crippen molar-refractivity contribution in [3.63, 3.8) is 0 Å². The lowest BCUT2D eigenvalue weighted by atomic mass is 9.93. The second kappa shape index (κ2) is 5.30. The summed E-state index contributed by atoms with van der Waals surface area (Å²) in [5.41, 5.74) is 5.79. The van der Waals surface area contributed by atoms with Crippen LogP contribution in [-0.4, -0.2) is 29.8 Å². The number of nitrogens with two attached hydrogens (primary N) is 1. The van der Waals surface area contributed by atoms with Crippen LogP contribution in [0.2, 0.25) is 0 Å². The average Bonchev–Trinajstić information content (AvgIpc) is 2.64. The summed E-state index contributed by atoms with van der Waals surface area (Å²) in [7, 11) is 0. The van der Waals surface area contributed by atoms with Gasteiger partial charge in [0, 0.05) is 13.1 Å². The standard InChI is InChI=1S/C11H22N4O/c1-5-6-15(8-11(3,4)7-12)10-13-9(2)14-16-10/h5-8,12H2,1-4H3. The van der Waals surface area contributed by atoms with Crippen molar-refractivity contribution in [3.8, 4) is 0 Å². The number of anilines is 1. The Balaban J connectivity index is 2.75. The molecule has 0 radical (unpaired) electrons. The second-order valence-corrected chi connectivity index (χ2v) is 4.91. The van der Waals surface area contributed by atoms with Crippen LogP contribution >= 0.6 is 0 Å². The summed E-state index contributed by atoms with van der Waals surface area (Å²) in [5.74, 6) is 0.668. The van der Waals surface area contributed by atoms with Gasteiger partial charge in [0.05, 0.1) is 0 Å². The first-order valence-electron chi connectivity index (χ1n) is 5.74. The first-order chi connectivity index (χ1) is 7.48. The van der Waals surface area contributed by atoms with Crippen LogP contribution in [0, 0.1) is 12.3 Å². The molecule has 0 saturated carbocycles. The molecule has 0 aliphatic carbocycles. The van der Waals surface area contributed by atoms with Crippen molar-refractivity contribution in [3.05, 3.63) is 5.82 Å². The van der Waals surface area contributed by atoms with Gasteiger partial charge in [0.15, 0.2) is 5.82 Å². The smallest absolute Gasteiger partial charge is 0.324 e. The number of aromatic nitrogens is 2. The molecule has 5 heteroatoms. The third kappa shape index (κ3) is 3.48. The van der Waals surface area contributed by atoms with Crippen LogP contribution in [0.25, 0.3) is 0 Å². The number of hydrogen-bond donors (Lipinski definition) is 1. The Morgan fingerprint density at radius 2 is 2.12 bits per heavy atom. The van der Waals surface area contributed by atoms with Gasteiger partial charge >= 0.3 is 6.01 Å². The van der Waals surface area contributed by atoms with Crippen molar-refractivity contribution in [2.75, 3.05) is 24.5 Å². The van der Waals surface area contributed by atoms with Crippen LogP contribution in [0.1, 0.15) is 33.0 Å². The first kappa shape index (κ1) is 13.0. The number of aryl methyl sites for hydroxylation is 1. The van der Waals surface area contributed by atoms with Gasteiger partial charge in [0.2, 0.25) is 0 Å². The van der Waals surface area contributed by atoms with E-state index in [-0.39, 0.29) is 5.41 Å². The molecule has 0 aromatic carbocycles. The first-order valence-corrected chi connectivity index (χ1v) is 5.74. The van der Waals surface area contributed by atoms with Crippen molar-refractivity contribution in [1.29, 1.82) is 0 Å². The van der Waals surface area contributed by atoms with Crippen molar-refractivity contribution in [2.45, 2.75) is 34.1 Å². The predicted octanol–water partition coefficient (Wildman–Crippen LogP) is 1.58. The van der Waals surface area contributed by atoms with Gasteiger partial charge in [-0.15, -0.1) is 0 Å². The van der Waals surface area contributed by atoms with E-state index in [0.29, 0.717) is 18.4 Å². The van der Waals surface area contributed by atoms with Gasteiger partial charge in [-0.2, -0.15) is 4.98 Å². The molecule has 0 aliphatic heterocycles. The van der Waals surface area contributed by atoms with Crippen LogP contribution < -0.4 is 10.6 Å². The fourth-order valence-corrected chi connectivity index (χ4v) is 1.51. The summed E-state index contributed by atoms with van der Waals surface area (Å²) in [6.07, 6.45) is 1.04. The highest BCUT2D eigenvalue weighted by Gasteiger charge is 2.23. The quantitative estimate of drug-likeness (QED) is 0.797. The molecule has 1 heterocycles. The Morgan fingerprint density at radius 1 is 1.44 bits per heavy atom. The molecule has 5 nitrogen and oxygen atoms in total. The second-order valence-electron chi connectivity index (χ2n) is 4.91. The summed E-state index contributed by atoms with van der Waals surface area (Å²) in [5, 5.41) is 3.82. The van der Waals surface area contributed by atoms with Gasteiger partial charge in [-0.1, -0.05) is 25.9 Å². The third-order valence-electron chi connectivity index (χ3n) is 2.45. The van der Waals surface area contributed by atoms with E-state index in [2.05, 4.69) is 35.8 Å². The van der Waals surface area contributed by atoms with Gasteiger partial charge in [0.1, 0.15) is 0 Å². The lowest BCUT2D eigenvalue weighted by molar-refractivity contribution is 0.349. The maximum Gasteiger partial charge on any atom is 0.324 e. The molecular weight excluding hydrogens is 204 g/mol. The molecule has 16 heavy (non-hydrogen) atoms. The molecule has 92 valence electrons. The summed E-state index contributed by atoms with van der Waals surface area (Å²) in [4.78, 5) is 6.36. The van der Waals surface area contributed by atoms with E-state index in [1.807, 2.05) is 6.92 Å². The molecule has 0 aliphatic rings. The average molecular weight is 226 g/mol.